The summed E-state index contributed by atoms with van der Waals surface area (Å²) in [5.74, 6) is 1.34. The van der Waals surface area contributed by atoms with Gasteiger partial charge in [0.05, 0.1) is 12.1 Å². The molecule has 4 heterocycles. The number of carbonyl (C=O) groups is 1. The van der Waals surface area contributed by atoms with Crippen LogP contribution in [0.1, 0.15) is 22.9 Å². The molecule has 0 fully saturated rings. The molecule has 5 rings (SSSR count). The summed E-state index contributed by atoms with van der Waals surface area (Å²) in [7, 11) is 0. The predicted molar refractivity (Wildman–Crippen MR) is 119 cm³/mol. The molecule has 0 aliphatic rings. The van der Waals surface area contributed by atoms with Crippen LogP contribution >= 0.6 is 0 Å². The molecule has 1 aromatic carbocycles. The van der Waals surface area contributed by atoms with Gasteiger partial charge in [0.1, 0.15) is 18.0 Å². The Morgan fingerprint density at radius 3 is 2.84 bits per heavy atom. The van der Waals surface area contributed by atoms with E-state index >= 15 is 0 Å². The van der Waals surface area contributed by atoms with E-state index in [4.69, 9.17) is 4.74 Å². The number of nitrogens with zero attached hydrogens (tertiary/aromatic N) is 6. The molecular weight excluding hydrogens is 406 g/mol. The zero-order valence-corrected chi connectivity index (χ0v) is 17.7. The average Bonchev–Trinajstić information content (AvgIpc) is 3.36. The van der Waals surface area contributed by atoms with Gasteiger partial charge in [-0.05, 0) is 44.2 Å². The van der Waals surface area contributed by atoms with Crippen molar-refractivity contribution >= 4 is 23.0 Å². The SMILES string of the molecule is Cc1cc(C)n2nc(CC(=O)Nc3cccc(OCc4cn5ccccc5n4)c3)nc2n1. The summed E-state index contributed by atoms with van der Waals surface area (Å²) in [6.07, 6.45) is 3.92. The molecule has 0 spiro atoms. The maximum atomic E-state index is 12.5. The van der Waals surface area contributed by atoms with Gasteiger partial charge in [0.15, 0.2) is 5.82 Å². The summed E-state index contributed by atoms with van der Waals surface area (Å²) in [6.45, 7) is 4.16. The Balaban J connectivity index is 1.23. The lowest BCUT2D eigenvalue weighted by atomic mass is 10.3. The lowest BCUT2D eigenvalue weighted by Gasteiger charge is -2.08. The highest BCUT2D eigenvalue weighted by atomic mass is 16.5. The van der Waals surface area contributed by atoms with E-state index in [9.17, 15) is 4.79 Å². The zero-order valence-electron chi connectivity index (χ0n) is 17.7. The van der Waals surface area contributed by atoms with Crippen LogP contribution in [0, 0.1) is 13.8 Å². The standard InChI is InChI=1S/C23H21N7O2/c1-15-10-16(2)30-23(24-15)27-20(28-30)12-22(31)26-17-6-5-7-19(11-17)32-14-18-13-29-9-4-3-8-21(29)25-18/h3-11,13H,12,14H2,1-2H3,(H,26,31). The molecule has 0 atom stereocenters. The van der Waals surface area contributed by atoms with Crippen molar-refractivity contribution in [3.05, 3.63) is 83.8 Å². The van der Waals surface area contributed by atoms with Gasteiger partial charge in [0.2, 0.25) is 5.91 Å². The molecule has 1 N–H and O–H groups in total. The number of amides is 1. The van der Waals surface area contributed by atoms with Crippen LogP contribution in [0.3, 0.4) is 0 Å². The monoisotopic (exact) mass is 427 g/mol. The van der Waals surface area contributed by atoms with Crippen molar-refractivity contribution in [2.75, 3.05) is 5.32 Å². The summed E-state index contributed by atoms with van der Waals surface area (Å²) in [5, 5.41) is 7.25. The number of aryl methyl sites for hydroxylation is 2. The molecule has 0 unspecified atom stereocenters. The maximum absolute atomic E-state index is 12.5. The van der Waals surface area contributed by atoms with Gasteiger partial charge in [-0.15, -0.1) is 5.10 Å². The second kappa shape index (κ2) is 8.10. The molecular formula is C23H21N7O2. The number of nitrogens with one attached hydrogen (secondary N) is 1. The third kappa shape index (κ3) is 4.13. The average molecular weight is 427 g/mol. The number of anilines is 1. The number of carbonyl (C=O) groups excluding carboxylic acids is 1. The van der Waals surface area contributed by atoms with E-state index in [2.05, 4.69) is 25.4 Å². The number of hydrogen-bond acceptors (Lipinski definition) is 6. The molecule has 0 radical (unpaired) electrons. The van der Waals surface area contributed by atoms with Crippen LogP contribution in [0.25, 0.3) is 11.4 Å². The molecule has 0 saturated carbocycles. The molecule has 4 aromatic heterocycles. The van der Waals surface area contributed by atoms with Crippen molar-refractivity contribution in [1.82, 2.24) is 29.0 Å². The van der Waals surface area contributed by atoms with E-state index in [0.717, 1.165) is 22.7 Å². The summed E-state index contributed by atoms with van der Waals surface area (Å²) >= 11 is 0. The smallest absolute Gasteiger partial charge is 0.252 e. The van der Waals surface area contributed by atoms with Crippen molar-refractivity contribution in [2.45, 2.75) is 26.9 Å². The number of fused-ring (bicyclic) bond motifs is 2. The van der Waals surface area contributed by atoms with Crippen molar-refractivity contribution in [2.24, 2.45) is 0 Å². The molecule has 0 aliphatic carbocycles. The normalized spacial score (nSPS) is 11.2. The molecule has 32 heavy (non-hydrogen) atoms. The molecule has 160 valence electrons. The van der Waals surface area contributed by atoms with Crippen LogP contribution in [0.2, 0.25) is 0 Å². The van der Waals surface area contributed by atoms with Gasteiger partial charge in [-0.1, -0.05) is 12.1 Å². The zero-order chi connectivity index (χ0) is 22.1. The van der Waals surface area contributed by atoms with Gasteiger partial charge in [-0.2, -0.15) is 4.98 Å². The molecule has 0 saturated heterocycles. The van der Waals surface area contributed by atoms with Gasteiger partial charge < -0.3 is 14.5 Å². The number of benzene rings is 1. The van der Waals surface area contributed by atoms with E-state index in [1.54, 1.807) is 10.6 Å². The fourth-order valence-corrected chi connectivity index (χ4v) is 3.51. The fraction of sp³-hybridized carbons (Fsp3) is 0.174. The van der Waals surface area contributed by atoms with Gasteiger partial charge in [-0.25, -0.2) is 14.5 Å². The van der Waals surface area contributed by atoms with Crippen molar-refractivity contribution < 1.29 is 9.53 Å². The second-order valence-electron chi connectivity index (χ2n) is 7.52. The van der Waals surface area contributed by atoms with Gasteiger partial charge in [-0.3, -0.25) is 4.79 Å². The molecule has 5 aromatic rings. The van der Waals surface area contributed by atoms with Crippen molar-refractivity contribution in [3.8, 4) is 5.75 Å². The van der Waals surface area contributed by atoms with Crippen LogP contribution in [0.4, 0.5) is 5.69 Å². The van der Waals surface area contributed by atoms with Crippen LogP contribution < -0.4 is 10.1 Å². The number of pyridine rings is 1. The van der Waals surface area contributed by atoms with Gasteiger partial charge >= 0.3 is 0 Å². The molecule has 0 bridgehead atoms. The van der Waals surface area contributed by atoms with Crippen molar-refractivity contribution in [1.29, 1.82) is 0 Å². The van der Waals surface area contributed by atoms with E-state index in [-0.39, 0.29) is 12.3 Å². The maximum Gasteiger partial charge on any atom is 0.252 e. The Labute approximate surface area is 183 Å². The first kappa shape index (κ1) is 19.7. The Kier molecular flexibility index (Phi) is 4.98. The predicted octanol–water partition coefficient (Wildman–Crippen LogP) is 3.15. The molecule has 0 aliphatic heterocycles. The Morgan fingerprint density at radius 1 is 1.06 bits per heavy atom. The topological polar surface area (TPSA) is 98.7 Å². The van der Waals surface area contributed by atoms with E-state index in [1.165, 1.54) is 0 Å². The number of aromatic nitrogens is 6. The van der Waals surface area contributed by atoms with Gasteiger partial charge in [0, 0.05) is 35.5 Å². The first-order valence-electron chi connectivity index (χ1n) is 10.2. The summed E-state index contributed by atoms with van der Waals surface area (Å²) in [6, 6.07) is 15.0. The minimum atomic E-state index is -0.215. The van der Waals surface area contributed by atoms with Crippen molar-refractivity contribution in [3.63, 3.8) is 0 Å². The summed E-state index contributed by atoms with van der Waals surface area (Å²) < 4.78 is 9.45. The third-order valence-electron chi connectivity index (χ3n) is 4.90. The highest BCUT2D eigenvalue weighted by Crippen LogP contribution is 2.19. The van der Waals surface area contributed by atoms with Crippen LogP contribution in [0.15, 0.2) is 60.9 Å². The quantitative estimate of drug-likeness (QED) is 0.447. The molecule has 9 heteroatoms. The third-order valence-corrected chi connectivity index (χ3v) is 4.90. The fourth-order valence-electron chi connectivity index (χ4n) is 3.51. The lowest BCUT2D eigenvalue weighted by molar-refractivity contribution is -0.115. The molecule has 1 amide bonds. The first-order valence-corrected chi connectivity index (χ1v) is 10.2. The second-order valence-corrected chi connectivity index (χ2v) is 7.52. The highest BCUT2D eigenvalue weighted by Gasteiger charge is 2.12. The number of ether oxygens (including phenoxy) is 1. The Morgan fingerprint density at radius 2 is 1.97 bits per heavy atom. The number of imidazole rings is 1. The number of rotatable bonds is 6. The van der Waals surface area contributed by atoms with E-state index in [0.29, 0.717) is 29.6 Å². The largest absolute Gasteiger partial charge is 0.487 e. The van der Waals surface area contributed by atoms with Crippen LogP contribution in [0.5, 0.6) is 5.75 Å². The van der Waals surface area contributed by atoms with Gasteiger partial charge in [0.25, 0.3) is 5.78 Å². The minimum Gasteiger partial charge on any atom is -0.487 e. The first-order chi connectivity index (χ1) is 15.5. The Bertz CT molecular complexity index is 1400. The van der Waals surface area contributed by atoms with Crippen LogP contribution in [-0.4, -0.2) is 34.9 Å². The Hall–Kier alpha value is -4.27. The number of hydrogen-bond donors (Lipinski definition) is 1. The minimum absolute atomic E-state index is 0.0498. The van der Waals surface area contributed by atoms with Crippen LogP contribution in [-0.2, 0) is 17.8 Å². The van der Waals surface area contributed by atoms with E-state index in [1.807, 2.05) is 73.1 Å². The summed E-state index contributed by atoms with van der Waals surface area (Å²) in [4.78, 5) is 25.8. The molecule has 9 nitrogen and oxygen atoms in total. The lowest BCUT2D eigenvalue weighted by Crippen LogP contribution is -2.15. The summed E-state index contributed by atoms with van der Waals surface area (Å²) in [5.41, 5.74) is 4.10. The van der Waals surface area contributed by atoms with E-state index < -0.39 is 0 Å². The highest BCUT2D eigenvalue weighted by molar-refractivity contribution is 5.92.